The second-order valence-corrected chi connectivity index (χ2v) is 5.96. The van der Waals surface area contributed by atoms with Gasteiger partial charge in [-0.05, 0) is 57.4 Å². The Hall–Kier alpha value is -1.55. The van der Waals surface area contributed by atoms with Crippen LogP contribution in [0.4, 0.5) is 5.69 Å². The highest BCUT2D eigenvalue weighted by Gasteiger charge is 2.36. The topological polar surface area (TPSA) is 64.4 Å². The Balaban J connectivity index is 2.06. The smallest absolute Gasteiger partial charge is 0.244 e. The van der Waals surface area contributed by atoms with Gasteiger partial charge in [0.25, 0.3) is 0 Å². The highest BCUT2D eigenvalue weighted by atomic mass is 16.5. The molecule has 0 aliphatic heterocycles. The summed E-state index contributed by atoms with van der Waals surface area (Å²) >= 11 is 0. The highest BCUT2D eigenvalue weighted by Crippen LogP contribution is 2.29. The molecule has 1 aromatic carbocycles. The average molecular weight is 276 g/mol. The van der Waals surface area contributed by atoms with Crippen molar-refractivity contribution < 1.29 is 9.53 Å². The Labute approximate surface area is 120 Å². The van der Waals surface area contributed by atoms with Crippen molar-refractivity contribution in [3.8, 4) is 5.75 Å². The van der Waals surface area contributed by atoms with Crippen molar-refractivity contribution in [1.82, 2.24) is 0 Å². The van der Waals surface area contributed by atoms with E-state index >= 15 is 0 Å². The third-order valence-corrected chi connectivity index (χ3v) is 3.74. The van der Waals surface area contributed by atoms with Crippen molar-refractivity contribution >= 4 is 11.6 Å². The molecule has 0 atom stereocenters. The molecule has 0 heterocycles. The van der Waals surface area contributed by atoms with Crippen molar-refractivity contribution in [3.05, 3.63) is 23.8 Å². The normalized spacial score (nSPS) is 17.2. The van der Waals surface area contributed by atoms with Crippen LogP contribution in [0.2, 0.25) is 0 Å². The van der Waals surface area contributed by atoms with Crippen LogP contribution in [-0.2, 0) is 4.79 Å². The number of rotatable bonds is 4. The minimum atomic E-state index is -0.693. The van der Waals surface area contributed by atoms with E-state index in [0.717, 1.165) is 42.7 Å². The largest absolute Gasteiger partial charge is 0.491 e. The van der Waals surface area contributed by atoms with Gasteiger partial charge in [0.15, 0.2) is 0 Å². The summed E-state index contributed by atoms with van der Waals surface area (Å²) in [5.74, 6) is 0.772. The van der Waals surface area contributed by atoms with Crippen LogP contribution in [0.25, 0.3) is 0 Å². The van der Waals surface area contributed by atoms with Gasteiger partial charge in [-0.3, -0.25) is 4.79 Å². The number of anilines is 1. The van der Waals surface area contributed by atoms with E-state index < -0.39 is 5.54 Å². The van der Waals surface area contributed by atoms with Gasteiger partial charge in [0, 0.05) is 5.69 Å². The van der Waals surface area contributed by atoms with E-state index in [0.29, 0.717) is 0 Å². The lowest BCUT2D eigenvalue weighted by Crippen LogP contribution is -2.48. The molecule has 0 saturated heterocycles. The lowest BCUT2D eigenvalue weighted by atomic mass is 9.98. The Bertz CT molecular complexity index is 491. The summed E-state index contributed by atoms with van der Waals surface area (Å²) in [6.45, 7) is 5.96. The first-order valence-electron chi connectivity index (χ1n) is 7.28. The molecule has 0 unspecified atom stereocenters. The van der Waals surface area contributed by atoms with Crippen molar-refractivity contribution in [2.75, 3.05) is 5.32 Å². The number of nitrogens with two attached hydrogens (primary N) is 1. The first kappa shape index (κ1) is 14.9. The minimum Gasteiger partial charge on any atom is -0.491 e. The van der Waals surface area contributed by atoms with Gasteiger partial charge in [-0.25, -0.2) is 0 Å². The molecule has 20 heavy (non-hydrogen) atoms. The van der Waals surface area contributed by atoms with Crippen LogP contribution in [0.1, 0.15) is 45.1 Å². The Kier molecular flexibility index (Phi) is 4.33. The van der Waals surface area contributed by atoms with E-state index in [4.69, 9.17) is 10.5 Å². The Morgan fingerprint density at radius 3 is 2.55 bits per heavy atom. The quantitative estimate of drug-likeness (QED) is 0.888. The Morgan fingerprint density at radius 1 is 1.35 bits per heavy atom. The second-order valence-electron chi connectivity index (χ2n) is 5.96. The minimum absolute atomic E-state index is 0.0769. The maximum atomic E-state index is 12.2. The van der Waals surface area contributed by atoms with Crippen molar-refractivity contribution in [1.29, 1.82) is 0 Å². The summed E-state index contributed by atoms with van der Waals surface area (Å²) in [5.41, 5.74) is 7.24. The summed E-state index contributed by atoms with van der Waals surface area (Å²) in [5, 5.41) is 2.93. The van der Waals surface area contributed by atoms with Crippen LogP contribution in [-0.4, -0.2) is 17.6 Å². The fraction of sp³-hybridized carbons (Fsp3) is 0.562. The number of carbonyl (C=O) groups is 1. The van der Waals surface area contributed by atoms with Gasteiger partial charge in [-0.15, -0.1) is 0 Å². The van der Waals surface area contributed by atoms with Crippen LogP contribution >= 0.6 is 0 Å². The van der Waals surface area contributed by atoms with E-state index in [2.05, 4.69) is 5.32 Å². The summed E-state index contributed by atoms with van der Waals surface area (Å²) in [4.78, 5) is 12.2. The molecule has 0 aromatic heterocycles. The molecule has 1 saturated carbocycles. The third kappa shape index (κ3) is 3.31. The highest BCUT2D eigenvalue weighted by molar-refractivity contribution is 5.98. The van der Waals surface area contributed by atoms with Crippen LogP contribution < -0.4 is 15.8 Å². The van der Waals surface area contributed by atoms with Gasteiger partial charge in [0.05, 0.1) is 11.6 Å². The summed E-state index contributed by atoms with van der Waals surface area (Å²) in [6.07, 6.45) is 3.74. The predicted molar refractivity (Wildman–Crippen MR) is 81.0 cm³/mol. The lowest BCUT2D eigenvalue weighted by molar-refractivity contribution is -0.121. The zero-order valence-electron chi connectivity index (χ0n) is 12.5. The van der Waals surface area contributed by atoms with Gasteiger partial charge in [-0.1, -0.05) is 12.8 Å². The molecule has 0 spiro atoms. The molecular formula is C16H24N2O2. The SMILES string of the molecule is Cc1cc(NC(=O)C2(N)CCCC2)ccc1OC(C)C. The third-order valence-electron chi connectivity index (χ3n) is 3.74. The summed E-state index contributed by atoms with van der Waals surface area (Å²) < 4.78 is 5.69. The fourth-order valence-electron chi connectivity index (χ4n) is 2.60. The van der Waals surface area contributed by atoms with Crippen molar-refractivity contribution in [3.63, 3.8) is 0 Å². The van der Waals surface area contributed by atoms with Crippen LogP contribution in [0.3, 0.4) is 0 Å². The van der Waals surface area contributed by atoms with Gasteiger partial charge >= 0.3 is 0 Å². The number of hydrogen-bond acceptors (Lipinski definition) is 3. The van der Waals surface area contributed by atoms with Crippen molar-refractivity contribution in [2.24, 2.45) is 5.73 Å². The summed E-state index contributed by atoms with van der Waals surface area (Å²) in [7, 11) is 0. The molecule has 0 bridgehead atoms. The molecule has 1 aliphatic carbocycles. The van der Waals surface area contributed by atoms with Gasteiger partial charge in [-0.2, -0.15) is 0 Å². The number of nitrogens with one attached hydrogen (secondary N) is 1. The molecule has 110 valence electrons. The number of amides is 1. The molecular weight excluding hydrogens is 252 g/mol. The van der Waals surface area contributed by atoms with E-state index in [9.17, 15) is 4.79 Å². The van der Waals surface area contributed by atoms with E-state index in [1.807, 2.05) is 39.0 Å². The molecule has 1 aliphatic rings. The molecule has 1 fully saturated rings. The maximum Gasteiger partial charge on any atom is 0.244 e. The number of hydrogen-bond donors (Lipinski definition) is 2. The van der Waals surface area contributed by atoms with Crippen LogP contribution in [0.15, 0.2) is 18.2 Å². The zero-order chi connectivity index (χ0) is 14.8. The van der Waals surface area contributed by atoms with Crippen molar-refractivity contribution in [2.45, 2.75) is 58.1 Å². The van der Waals surface area contributed by atoms with Crippen LogP contribution in [0.5, 0.6) is 5.75 Å². The standard InChI is InChI=1S/C16H24N2O2/c1-11(2)20-14-7-6-13(10-12(14)3)18-15(19)16(17)8-4-5-9-16/h6-7,10-11H,4-5,8-9,17H2,1-3H3,(H,18,19). The molecule has 4 heteroatoms. The molecule has 4 nitrogen and oxygen atoms in total. The maximum absolute atomic E-state index is 12.2. The first-order chi connectivity index (χ1) is 9.40. The van der Waals surface area contributed by atoms with E-state index in [1.54, 1.807) is 0 Å². The zero-order valence-corrected chi connectivity index (χ0v) is 12.5. The van der Waals surface area contributed by atoms with Gasteiger partial charge in [0.1, 0.15) is 5.75 Å². The monoisotopic (exact) mass is 276 g/mol. The van der Waals surface area contributed by atoms with E-state index in [1.165, 1.54) is 0 Å². The van der Waals surface area contributed by atoms with Crippen LogP contribution in [0, 0.1) is 6.92 Å². The Morgan fingerprint density at radius 2 is 2.00 bits per heavy atom. The second kappa shape index (κ2) is 5.83. The number of ether oxygens (including phenoxy) is 1. The number of carbonyl (C=O) groups excluding carboxylic acids is 1. The molecule has 1 aromatic rings. The predicted octanol–water partition coefficient (Wildman–Crippen LogP) is 2.99. The summed E-state index contributed by atoms with van der Waals surface area (Å²) in [6, 6.07) is 5.68. The lowest BCUT2D eigenvalue weighted by Gasteiger charge is -2.22. The molecule has 3 N–H and O–H groups in total. The fourth-order valence-corrected chi connectivity index (χ4v) is 2.60. The van der Waals surface area contributed by atoms with Gasteiger partial charge in [0.2, 0.25) is 5.91 Å². The number of benzene rings is 1. The molecule has 1 amide bonds. The first-order valence-corrected chi connectivity index (χ1v) is 7.28. The average Bonchev–Trinajstić information content (AvgIpc) is 2.81. The van der Waals surface area contributed by atoms with Gasteiger partial charge < -0.3 is 15.8 Å². The number of aryl methyl sites for hydroxylation is 1. The van der Waals surface area contributed by atoms with E-state index in [-0.39, 0.29) is 12.0 Å². The molecule has 2 rings (SSSR count). The molecule has 0 radical (unpaired) electrons.